The fourth-order valence-electron chi connectivity index (χ4n) is 5.29. The molecule has 0 aliphatic carbocycles. The molecule has 5 rings (SSSR count). The molecule has 0 spiro atoms. The molecule has 1 amide bonds. The molecule has 1 aliphatic rings. The van der Waals surface area contributed by atoms with Gasteiger partial charge in [-0.2, -0.15) is 5.10 Å². The van der Waals surface area contributed by atoms with Crippen molar-refractivity contribution in [3.8, 4) is 17.0 Å². The van der Waals surface area contributed by atoms with Crippen molar-refractivity contribution in [2.45, 2.75) is 19.5 Å². The van der Waals surface area contributed by atoms with Crippen LogP contribution < -0.4 is 15.8 Å². The van der Waals surface area contributed by atoms with Crippen LogP contribution >= 0.6 is 0 Å². The molecule has 4 aromatic rings. The van der Waals surface area contributed by atoms with E-state index in [0.29, 0.717) is 17.1 Å². The second kappa shape index (κ2) is 11.5. The van der Waals surface area contributed by atoms with Crippen molar-refractivity contribution in [1.29, 1.82) is 0 Å². The number of H-pyrrole nitrogens is 1. The Bertz CT molecular complexity index is 1540. The van der Waals surface area contributed by atoms with Gasteiger partial charge in [0.25, 0.3) is 5.91 Å². The highest BCUT2D eigenvalue weighted by Crippen LogP contribution is 2.34. The van der Waals surface area contributed by atoms with E-state index in [0.717, 1.165) is 67.1 Å². The number of halogens is 1. The molecule has 1 aliphatic heterocycles. The second-order valence-electron chi connectivity index (χ2n) is 10.2. The van der Waals surface area contributed by atoms with Crippen molar-refractivity contribution in [3.05, 3.63) is 65.1 Å². The summed E-state index contributed by atoms with van der Waals surface area (Å²) < 4.78 is 20.7. The number of benzene rings is 2. The largest absolute Gasteiger partial charge is 0.496 e. The number of fused-ring (bicyclic) bond motifs is 1. The van der Waals surface area contributed by atoms with Crippen molar-refractivity contribution in [2.75, 3.05) is 52.6 Å². The van der Waals surface area contributed by atoms with Gasteiger partial charge in [-0.25, -0.2) is 9.07 Å². The van der Waals surface area contributed by atoms with Gasteiger partial charge in [0, 0.05) is 56.4 Å². The molecule has 0 bridgehead atoms. The third-order valence-electron chi connectivity index (χ3n) is 7.55. The Kier molecular flexibility index (Phi) is 7.85. The van der Waals surface area contributed by atoms with Crippen molar-refractivity contribution >= 4 is 28.9 Å². The number of methoxy groups -OCH3 is 1. The van der Waals surface area contributed by atoms with Crippen LogP contribution in [0.15, 0.2) is 42.6 Å². The van der Waals surface area contributed by atoms with Crippen LogP contribution in [-0.2, 0) is 6.54 Å². The molecule has 1 saturated heterocycles. The fourth-order valence-corrected chi connectivity index (χ4v) is 5.29. The number of nitrogens with two attached hydrogens (primary N) is 1. The highest BCUT2D eigenvalue weighted by molar-refractivity contribution is 6.02. The van der Waals surface area contributed by atoms with E-state index in [1.807, 2.05) is 18.2 Å². The van der Waals surface area contributed by atoms with E-state index >= 15 is 0 Å². The number of nitrogens with one attached hydrogen (secondary N) is 2. The highest BCUT2D eigenvalue weighted by atomic mass is 19.1. The van der Waals surface area contributed by atoms with Crippen LogP contribution in [-0.4, -0.2) is 83.6 Å². The maximum absolute atomic E-state index is 13.8. The molecule has 10 nitrogen and oxygen atoms in total. The molecular formula is C29H34FN7O3. The third-order valence-corrected chi connectivity index (χ3v) is 7.55. The zero-order chi connectivity index (χ0) is 28.4. The van der Waals surface area contributed by atoms with Gasteiger partial charge < -0.3 is 25.7 Å². The number of aromatic amines is 1. The molecule has 2 aromatic carbocycles. The van der Waals surface area contributed by atoms with Crippen LogP contribution in [0, 0.1) is 5.82 Å². The maximum atomic E-state index is 13.8. The maximum Gasteiger partial charge on any atom is 0.255 e. The van der Waals surface area contributed by atoms with Crippen LogP contribution in [0.2, 0.25) is 0 Å². The summed E-state index contributed by atoms with van der Waals surface area (Å²) in [4.78, 5) is 32.9. The topological polar surface area (TPSA) is 122 Å². The molecule has 11 heteroatoms. The van der Waals surface area contributed by atoms with Crippen LogP contribution in [0.4, 0.5) is 10.2 Å². The number of aldehydes is 1. The minimum atomic E-state index is -0.524. The number of rotatable bonds is 9. The predicted molar refractivity (Wildman–Crippen MR) is 152 cm³/mol. The average molecular weight is 548 g/mol. The number of piperazine rings is 1. The van der Waals surface area contributed by atoms with Gasteiger partial charge in [-0.1, -0.05) is 12.1 Å². The van der Waals surface area contributed by atoms with Gasteiger partial charge in [-0.15, -0.1) is 0 Å². The number of carbonyl (C=O) groups excluding carboxylic acids is 2. The monoisotopic (exact) mass is 547 g/mol. The molecule has 2 aromatic heterocycles. The van der Waals surface area contributed by atoms with Gasteiger partial charge in [0.2, 0.25) is 0 Å². The van der Waals surface area contributed by atoms with Gasteiger partial charge in [0.1, 0.15) is 23.1 Å². The lowest BCUT2D eigenvalue weighted by molar-refractivity contribution is 0.0947. The Morgan fingerprint density at radius 1 is 1.23 bits per heavy atom. The van der Waals surface area contributed by atoms with E-state index in [2.05, 4.69) is 34.1 Å². The zero-order valence-electron chi connectivity index (χ0n) is 22.9. The molecule has 1 fully saturated rings. The van der Waals surface area contributed by atoms with E-state index in [1.54, 1.807) is 10.9 Å². The van der Waals surface area contributed by atoms with Gasteiger partial charge in [-0.3, -0.25) is 14.5 Å². The summed E-state index contributed by atoms with van der Waals surface area (Å²) in [5.41, 5.74) is 9.80. The van der Waals surface area contributed by atoms with Crippen LogP contribution in [0.5, 0.6) is 5.75 Å². The molecule has 210 valence electrons. The molecule has 4 N–H and O–H groups in total. The van der Waals surface area contributed by atoms with E-state index in [4.69, 9.17) is 15.6 Å². The Hall–Kier alpha value is -4.22. The smallest absolute Gasteiger partial charge is 0.255 e. The normalized spacial score (nSPS) is 15.3. The van der Waals surface area contributed by atoms with Gasteiger partial charge >= 0.3 is 0 Å². The number of amides is 1. The average Bonchev–Trinajstić information content (AvgIpc) is 3.57. The number of anilines is 1. The molecule has 1 unspecified atom stereocenters. The third kappa shape index (κ3) is 5.30. The molecule has 3 heterocycles. The van der Waals surface area contributed by atoms with Crippen molar-refractivity contribution in [3.63, 3.8) is 0 Å². The zero-order valence-corrected chi connectivity index (χ0v) is 22.9. The first-order valence-corrected chi connectivity index (χ1v) is 13.3. The van der Waals surface area contributed by atoms with Crippen LogP contribution in [0.3, 0.4) is 0 Å². The predicted octanol–water partition coefficient (Wildman–Crippen LogP) is 3.31. The Labute approximate surface area is 231 Å². The lowest BCUT2D eigenvalue weighted by atomic mass is 10.0. The number of hydrogen-bond acceptors (Lipinski definition) is 7. The van der Waals surface area contributed by atoms with Gasteiger partial charge in [0.15, 0.2) is 6.29 Å². The first-order chi connectivity index (χ1) is 19.3. The molecule has 0 radical (unpaired) electrons. The first kappa shape index (κ1) is 27.4. The number of carbonyl (C=O) groups is 2. The van der Waals surface area contributed by atoms with Gasteiger partial charge in [-0.05, 0) is 43.8 Å². The van der Waals surface area contributed by atoms with Gasteiger partial charge in [0.05, 0.1) is 29.8 Å². The van der Waals surface area contributed by atoms with E-state index in [9.17, 15) is 14.0 Å². The number of nitrogen functional groups attached to an aromatic ring is 1. The second-order valence-corrected chi connectivity index (χ2v) is 10.2. The Morgan fingerprint density at radius 3 is 2.73 bits per heavy atom. The number of nitrogens with zero attached hydrogens (tertiary/aromatic N) is 4. The van der Waals surface area contributed by atoms with Crippen molar-refractivity contribution in [1.82, 2.24) is 29.9 Å². The molecule has 40 heavy (non-hydrogen) atoms. The lowest BCUT2D eigenvalue weighted by Crippen LogP contribution is -2.46. The number of likely N-dealkylation sites (N-methyl/N-ethyl adjacent to an activating group) is 1. The van der Waals surface area contributed by atoms with Crippen molar-refractivity contribution in [2.24, 2.45) is 0 Å². The van der Waals surface area contributed by atoms with Crippen molar-refractivity contribution < 1.29 is 18.7 Å². The summed E-state index contributed by atoms with van der Waals surface area (Å²) in [5, 5.41) is 8.51. The Balaban J connectivity index is 1.40. The summed E-state index contributed by atoms with van der Waals surface area (Å²) in [6, 6.07) is 9.44. The molecule has 1 atom stereocenters. The summed E-state index contributed by atoms with van der Waals surface area (Å²) in [6.45, 7) is 7.01. The fraction of sp³-hybridized carbons (Fsp3) is 0.345. The SMILES string of the molecule is COc1ccc(F)cc1C(=O)NCc1ccc(-c2nn(C(C)CN3CCN(C)CC3)c(N)c2C=O)c2cc[nH]c12. The molecular weight excluding hydrogens is 513 g/mol. The minimum Gasteiger partial charge on any atom is -0.496 e. The highest BCUT2D eigenvalue weighted by Gasteiger charge is 2.24. The van der Waals surface area contributed by atoms with E-state index in [-0.39, 0.29) is 23.9 Å². The van der Waals surface area contributed by atoms with Crippen LogP contribution in [0.1, 0.15) is 39.2 Å². The van der Waals surface area contributed by atoms with E-state index in [1.165, 1.54) is 19.2 Å². The number of hydrogen-bond donors (Lipinski definition) is 3. The first-order valence-electron chi connectivity index (χ1n) is 13.3. The lowest BCUT2D eigenvalue weighted by Gasteiger charge is -2.34. The standard InChI is InChI=1S/C29H34FN7O3/c1-18(16-36-12-10-35(2)11-13-36)37-28(31)24(17-38)27(34-37)21-6-4-19(26-22(21)8-9-32-26)15-33-29(39)23-14-20(30)5-7-25(23)40-3/h4-9,14,17-18,32H,10-13,15-16,31H2,1-3H3,(H,33,39). The minimum absolute atomic E-state index is 0.0214. The summed E-state index contributed by atoms with van der Waals surface area (Å²) >= 11 is 0. The summed E-state index contributed by atoms with van der Waals surface area (Å²) in [7, 11) is 3.55. The summed E-state index contributed by atoms with van der Waals surface area (Å²) in [6.07, 6.45) is 2.56. The summed E-state index contributed by atoms with van der Waals surface area (Å²) in [5.74, 6) is -0.347. The molecule has 0 saturated carbocycles. The van der Waals surface area contributed by atoms with Crippen LogP contribution in [0.25, 0.3) is 22.2 Å². The number of ether oxygens (including phenoxy) is 1. The number of aromatic nitrogens is 3. The Morgan fingerprint density at radius 2 is 2.00 bits per heavy atom. The quantitative estimate of drug-likeness (QED) is 0.275. The van der Waals surface area contributed by atoms with E-state index < -0.39 is 11.7 Å².